The van der Waals surface area contributed by atoms with E-state index in [-0.39, 0.29) is 6.10 Å². The Kier molecular flexibility index (Phi) is 4.11. The second kappa shape index (κ2) is 5.61. The summed E-state index contributed by atoms with van der Waals surface area (Å²) in [6.07, 6.45) is 4.66. The Morgan fingerprint density at radius 2 is 2.06 bits per heavy atom. The van der Waals surface area contributed by atoms with E-state index in [1.54, 1.807) is 0 Å². The van der Waals surface area contributed by atoms with Gasteiger partial charge in [0.1, 0.15) is 5.82 Å². The van der Waals surface area contributed by atoms with Gasteiger partial charge >= 0.3 is 0 Å². The van der Waals surface area contributed by atoms with E-state index in [2.05, 4.69) is 17.3 Å². The van der Waals surface area contributed by atoms with E-state index in [0.717, 1.165) is 55.8 Å². The van der Waals surface area contributed by atoms with E-state index >= 15 is 0 Å². The van der Waals surface area contributed by atoms with E-state index in [0.29, 0.717) is 6.04 Å². The molecule has 0 bridgehead atoms. The fourth-order valence-electron chi connectivity index (χ4n) is 2.53. The molecule has 1 heterocycles. The quantitative estimate of drug-likeness (QED) is 0.765. The SMILES string of the molecule is CCCn1nc(C)c(N)c1NC1CCC(O)CC1. The van der Waals surface area contributed by atoms with Crippen LogP contribution in [0.2, 0.25) is 0 Å². The standard InChI is InChI=1S/C13H24N4O/c1-3-8-17-13(12(14)9(2)16-17)15-10-4-6-11(18)7-5-10/h10-11,15,18H,3-8,14H2,1-2H3. The van der Waals surface area contributed by atoms with Crippen LogP contribution in [0.3, 0.4) is 0 Å². The van der Waals surface area contributed by atoms with Gasteiger partial charge < -0.3 is 16.2 Å². The third kappa shape index (κ3) is 2.77. The first-order valence-electron chi connectivity index (χ1n) is 6.89. The number of nitrogens with one attached hydrogen (secondary N) is 1. The average Bonchev–Trinajstić information content (AvgIpc) is 2.60. The smallest absolute Gasteiger partial charge is 0.148 e. The highest BCUT2D eigenvalue weighted by Gasteiger charge is 2.22. The second-order valence-electron chi connectivity index (χ2n) is 5.22. The number of rotatable bonds is 4. The molecule has 0 atom stereocenters. The average molecular weight is 252 g/mol. The van der Waals surface area contributed by atoms with Gasteiger partial charge in [0.25, 0.3) is 0 Å². The summed E-state index contributed by atoms with van der Waals surface area (Å²) in [5, 5.41) is 17.5. The van der Waals surface area contributed by atoms with Crippen LogP contribution < -0.4 is 11.1 Å². The van der Waals surface area contributed by atoms with Gasteiger partial charge in [-0.1, -0.05) is 6.92 Å². The predicted octanol–water partition coefficient (Wildman–Crippen LogP) is 1.90. The lowest BCUT2D eigenvalue weighted by Gasteiger charge is -2.27. The van der Waals surface area contributed by atoms with Gasteiger partial charge in [0.15, 0.2) is 0 Å². The Hall–Kier alpha value is -1.23. The van der Waals surface area contributed by atoms with Crippen LogP contribution in [0.4, 0.5) is 11.5 Å². The Balaban J connectivity index is 2.07. The zero-order chi connectivity index (χ0) is 13.1. The Morgan fingerprint density at radius 3 is 2.67 bits per heavy atom. The van der Waals surface area contributed by atoms with Crippen molar-refractivity contribution in [3.8, 4) is 0 Å². The van der Waals surface area contributed by atoms with Crippen LogP contribution in [0.5, 0.6) is 0 Å². The number of aliphatic hydroxyl groups is 1. The van der Waals surface area contributed by atoms with Gasteiger partial charge in [-0.15, -0.1) is 0 Å². The van der Waals surface area contributed by atoms with Crippen LogP contribution in [-0.2, 0) is 6.54 Å². The highest BCUT2D eigenvalue weighted by molar-refractivity contribution is 5.65. The monoisotopic (exact) mass is 252 g/mol. The largest absolute Gasteiger partial charge is 0.394 e. The molecule has 5 nitrogen and oxygen atoms in total. The van der Waals surface area contributed by atoms with Crippen molar-refractivity contribution in [3.05, 3.63) is 5.69 Å². The Morgan fingerprint density at radius 1 is 1.39 bits per heavy atom. The maximum absolute atomic E-state index is 9.52. The van der Waals surface area contributed by atoms with Crippen molar-refractivity contribution in [2.75, 3.05) is 11.1 Å². The number of anilines is 2. The van der Waals surface area contributed by atoms with Crippen molar-refractivity contribution < 1.29 is 5.11 Å². The molecule has 1 aliphatic rings. The number of aromatic nitrogens is 2. The highest BCUT2D eigenvalue weighted by Crippen LogP contribution is 2.27. The topological polar surface area (TPSA) is 76.1 Å². The van der Waals surface area contributed by atoms with Gasteiger partial charge in [0.05, 0.1) is 17.5 Å². The molecule has 5 heteroatoms. The van der Waals surface area contributed by atoms with Crippen molar-refractivity contribution >= 4 is 11.5 Å². The molecular formula is C13H24N4O. The molecule has 1 aliphatic carbocycles. The van der Waals surface area contributed by atoms with Crippen molar-refractivity contribution in [2.24, 2.45) is 0 Å². The van der Waals surface area contributed by atoms with Gasteiger partial charge in [-0.3, -0.25) is 0 Å². The summed E-state index contributed by atoms with van der Waals surface area (Å²) in [7, 11) is 0. The number of nitrogens with two attached hydrogens (primary N) is 1. The van der Waals surface area contributed by atoms with Crippen LogP contribution in [0.15, 0.2) is 0 Å². The molecule has 0 aromatic carbocycles. The summed E-state index contributed by atoms with van der Waals surface area (Å²) in [4.78, 5) is 0. The molecule has 1 aromatic heterocycles. The Labute approximate surface area is 108 Å². The predicted molar refractivity (Wildman–Crippen MR) is 73.6 cm³/mol. The number of aliphatic hydroxyl groups excluding tert-OH is 1. The fraction of sp³-hybridized carbons (Fsp3) is 0.769. The van der Waals surface area contributed by atoms with Gasteiger partial charge in [-0.25, -0.2) is 4.68 Å². The highest BCUT2D eigenvalue weighted by atomic mass is 16.3. The second-order valence-corrected chi connectivity index (χ2v) is 5.22. The van der Waals surface area contributed by atoms with E-state index in [4.69, 9.17) is 5.73 Å². The summed E-state index contributed by atoms with van der Waals surface area (Å²) in [5.74, 6) is 0.954. The molecule has 0 amide bonds. The molecule has 1 saturated carbocycles. The van der Waals surface area contributed by atoms with Crippen molar-refractivity contribution in [2.45, 2.75) is 64.6 Å². The van der Waals surface area contributed by atoms with E-state index in [1.807, 2.05) is 11.6 Å². The Bertz CT molecular complexity index is 394. The minimum Gasteiger partial charge on any atom is -0.394 e. The lowest BCUT2D eigenvalue weighted by atomic mass is 9.93. The van der Waals surface area contributed by atoms with E-state index in [1.165, 1.54) is 0 Å². The molecule has 18 heavy (non-hydrogen) atoms. The van der Waals surface area contributed by atoms with E-state index < -0.39 is 0 Å². The molecule has 1 fully saturated rings. The number of hydrogen-bond donors (Lipinski definition) is 3. The number of nitrogens with zero attached hydrogens (tertiary/aromatic N) is 2. The minimum absolute atomic E-state index is 0.123. The summed E-state index contributed by atoms with van der Waals surface area (Å²) in [6, 6.07) is 0.405. The fourth-order valence-corrected chi connectivity index (χ4v) is 2.53. The lowest BCUT2D eigenvalue weighted by Crippen LogP contribution is -2.29. The first-order valence-corrected chi connectivity index (χ1v) is 6.89. The van der Waals surface area contributed by atoms with Gasteiger partial charge in [-0.05, 0) is 39.0 Å². The summed E-state index contributed by atoms with van der Waals surface area (Å²) in [5.41, 5.74) is 7.73. The van der Waals surface area contributed by atoms with Crippen molar-refractivity contribution in [3.63, 3.8) is 0 Å². The van der Waals surface area contributed by atoms with E-state index in [9.17, 15) is 5.11 Å². The third-order valence-corrected chi connectivity index (χ3v) is 3.65. The van der Waals surface area contributed by atoms with Gasteiger partial charge in [-0.2, -0.15) is 5.10 Å². The van der Waals surface area contributed by atoms with Gasteiger partial charge in [0.2, 0.25) is 0 Å². The van der Waals surface area contributed by atoms with Crippen LogP contribution in [-0.4, -0.2) is 27.0 Å². The molecular weight excluding hydrogens is 228 g/mol. The third-order valence-electron chi connectivity index (χ3n) is 3.65. The first-order chi connectivity index (χ1) is 8.61. The van der Waals surface area contributed by atoms with Gasteiger partial charge in [0, 0.05) is 12.6 Å². The first kappa shape index (κ1) is 13.2. The van der Waals surface area contributed by atoms with Crippen LogP contribution in [0.1, 0.15) is 44.7 Å². The zero-order valence-corrected chi connectivity index (χ0v) is 11.3. The molecule has 0 radical (unpaired) electrons. The van der Waals surface area contributed by atoms with Crippen molar-refractivity contribution in [1.82, 2.24) is 9.78 Å². The molecule has 1 aromatic rings. The maximum atomic E-state index is 9.52. The normalized spacial score (nSPS) is 24.2. The van der Waals surface area contributed by atoms with Crippen LogP contribution in [0, 0.1) is 6.92 Å². The number of aryl methyl sites for hydroxylation is 2. The van der Waals surface area contributed by atoms with Crippen LogP contribution >= 0.6 is 0 Å². The minimum atomic E-state index is -0.123. The zero-order valence-electron chi connectivity index (χ0n) is 11.3. The summed E-state index contributed by atoms with van der Waals surface area (Å²) >= 11 is 0. The number of nitrogen functional groups attached to an aromatic ring is 1. The summed E-state index contributed by atoms with van der Waals surface area (Å²) < 4.78 is 1.97. The molecule has 0 saturated heterocycles. The van der Waals surface area contributed by atoms with Crippen LogP contribution in [0.25, 0.3) is 0 Å². The maximum Gasteiger partial charge on any atom is 0.148 e. The van der Waals surface area contributed by atoms with Crippen molar-refractivity contribution in [1.29, 1.82) is 0 Å². The molecule has 0 unspecified atom stereocenters. The lowest BCUT2D eigenvalue weighted by molar-refractivity contribution is 0.126. The molecule has 0 aliphatic heterocycles. The number of hydrogen-bond acceptors (Lipinski definition) is 4. The molecule has 0 spiro atoms. The molecule has 102 valence electrons. The molecule has 4 N–H and O–H groups in total. The summed E-state index contributed by atoms with van der Waals surface area (Å²) in [6.45, 7) is 4.96. The molecule has 2 rings (SSSR count).